The largest absolute Gasteiger partial charge is 0.497 e. The van der Waals surface area contributed by atoms with Crippen LogP contribution in [0.5, 0.6) is 34.5 Å². The number of aromatic nitrogens is 1. The van der Waals surface area contributed by atoms with Gasteiger partial charge in [-0.05, 0) is 149 Å². The van der Waals surface area contributed by atoms with Crippen molar-refractivity contribution < 1.29 is 71.1 Å². The summed E-state index contributed by atoms with van der Waals surface area (Å²) in [6, 6.07) is 22.9. The lowest BCUT2D eigenvalue weighted by Crippen LogP contribution is -2.30. The zero-order valence-electron chi connectivity index (χ0n) is 41.0. The summed E-state index contributed by atoms with van der Waals surface area (Å²) in [7, 11) is 5.76. The lowest BCUT2D eigenvalue weighted by atomic mass is 9.82. The van der Waals surface area contributed by atoms with Gasteiger partial charge < -0.3 is 42.3 Å². The van der Waals surface area contributed by atoms with Gasteiger partial charge in [-0.25, -0.2) is 14.6 Å². The Kier molecular flexibility index (Phi) is 18.9. The summed E-state index contributed by atoms with van der Waals surface area (Å²) in [5.41, 5.74) is 3.23. The van der Waals surface area contributed by atoms with Crippen LogP contribution in [-0.2, 0) is 38.2 Å². The van der Waals surface area contributed by atoms with Crippen LogP contribution in [0, 0.1) is 37.5 Å². The summed E-state index contributed by atoms with van der Waals surface area (Å²) >= 11 is 1.28. The Morgan fingerprint density at radius 2 is 0.958 bits per heavy atom. The molecule has 2 aliphatic carbocycles. The standard InChI is InChI=1S/C47H45NO11S.2C4H6O2/c1-26-23-27(2)36-25-40(57-39(36)24-26)43-48-41-37(58-46(51)30-9-5-28(6-10-30)44(49)55-34-17-13-32(53-3)14-18-34)21-22-38(42(41)60-43)59-47(52)31-11-7-29(8-12-31)45(50)56-35-19-15-33(54-4)16-20-35;2*1-3-4(5)6-2/h13-25,28-31H,5-12H2,1-4H3;2*3H,1H2,2H3. The first-order valence-electron chi connectivity index (χ1n) is 23.2. The average Bonchev–Trinajstić information content (AvgIpc) is 4.06. The molecule has 0 spiro atoms. The normalized spacial score (nSPS) is 17.0. The van der Waals surface area contributed by atoms with E-state index >= 15 is 0 Å². The molecule has 0 N–H and O–H groups in total. The van der Waals surface area contributed by atoms with E-state index in [0.29, 0.717) is 101 Å². The molecule has 6 aromatic rings. The van der Waals surface area contributed by atoms with E-state index in [1.807, 2.05) is 26.0 Å². The number of hydrogen-bond donors (Lipinski definition) is 0. The zero-order valence-corrected chi connectivity index (χ0v) is 41.8. The first-order chi connectivity index (χ1) is 34.7. The summed E-state index contributed by atoms with van der Waals surface area (Å²) in [5.74, 6) is -0.518. The van der Waals surface area contributed by atoms with Crippen molar-refractivity contribution in [2.75, 3.05) is 28.4 Å². The van der Waals surface area contributed by atoms with Crippen molar-refractivity contribution in [3.8, 4) is 45.3 Å². The molecule has 8 rings (SSSR count). The highest BCUT2D eigenvalue weighted by molar-refractivity contribution is 7.22. The van der Waals surface area contributed by atoms with Crippen molar-refractivity contribution in [3.63, 3.8) is 0 Å². The Morgan fingerprint density at radius 3 is 1.36 bits per heavy atom. The molecule has 2 fully saturated rings. The summed E-state index contributed by atoms with van der Waals surface area (Å²) in [6.07, 6.45) is 6.01. The SMILES string of the molecule is C=CC(=O)OC.C=CC(=O)OC.COc1ccc(OC(=O)C2CCC(C(=O)Oc3ccc(OC(=O)C4CCC(C(=O)Oc5ccc(OC)cc5)CC4)c4sc(-c5cc6c(C)cc(C)cc6o5)nc34)CC2)cc1. The molecule has 4 aromatic carbocycles. The van der Waals surface area contributed by atoms with E-state index in [0.717, 1.165) is 34.2 Å². The van der Waals surface area contributed by atoms with Crippen LogP contribution in [0.2, 0.25) is 0 Å². The molecular weight excluding hydrogens is 947 g/mol. The molecule has 72 heavy (non-hydrogen) atoms. The average molecular weight is 1000 g/mol. The van der Waals surface area contributed by atoms with Crippen LogP contribution in [0.15, 0.2) is 109 Å². The molecule has 0 radical (unpaired) electrons. The third-order valence-electron chi connectivity index (χ3n) is 12.2. The van der Waals surface area contributed by atoms with E-state index < -0.39 is 35.7 Å². The molecule has 16 nitrogen and oxygen atoms in total. The number of benzene rings is 4. The van der Waals surface area contributed by atoms with Crippen molar-refractivity contribution in [2.45, 2.75) is 65.2 Å². The van der Waals surface area contributed by atoms with E-state index in [-0.39, 0.29) is 29.5 Å². The van der Waals surface area contributed by atoms with Gasteiger partial charge in [-0.1, -0.05) is 19.2 Å². The molecule has 0 unspecified atom stereocenters. The first kappa shape index (κ1) is 53.6. The van der Waals surface area contributed by atoms with Gasteiger partial charge in [-0.3, -0.25) is 19.2 Å². The van der Waals surface area contributed by atoms with E-state index in [2.05, 4.69) is 28.7 Å². The second-order valence-electron chi connectivity index (χ2n) is 16.9. The predicted octanol–water partition coefficient (Wildman–Crippen LogP) is 10.7. The fourth-order valence-electron chi connectivity index (χ4n) is 8.19. The van der Waals surface area contributed by atoms with Gasteiger partial charge in [0.25, 0.3) is 0 Å². The Bertz CT molecular complexity index is 2750. The summed E-state index contributed by atoms with van der Waals surface area (Å²) in [6.45, 7) is 10.3. The zero-order chi connectivity index (χ0) is 51.9. The topological polar surface area (TPSA) is 202 Å². The van der Waals surface area contributed by atoms with Gasteiger partial charge in [0.15, 0.2) is 22.3 Å². The number of carbonyl (C=O) groups excluding carboxylic acids is 6. The Labute approximate surface area is 420 Å². The number of nitrogens with zero attached hydrogens (tertiary/aromatic N) is 1. The van der Waals surface area contributed by atoms with Crippen molar-refractivity contribution >= 4 is 68.3 Å². The minimum Gasteiger partial charge on any atom is -0.497 e. The van der Waals surface area contributed by atoms with Crippen molar-refractivity contribution in [1.82, 2.24) is 4.98 Å². The number of rotatable bonds is 13. The molecule has 0 bridgehead atoms. The third-order valence-corrected chi connectivity index (χ3v) is 13.3. The van der Waals surface area contributed by atoms with Crippen LogP contribution in [0.3, 0.4) is 0 Å². The van der Waals surface area contributed by atoms with E-state index in [1.165, 1.54) is 25.6 Å². The van der Waals surface area contributed by atoms with Crippen molar-refractivity contribution in [2.24, 2.45) is 23.7 Å². The number of ether oxygens (including phenoxy) is 8. The van der Waals surface area contributed by atoms with E-state index in [4.69, 9.17) is 37.8 Å². The number of aryl methyl sites for hydroxylation is 2. The number of carbonyl (C=O) groups is 6. The number of furan rings is 1. The quantitative estimate of drug-likeness (QED) is 0.0600. The molecule has 2 saturated carbocycles. The van der Waals surface area contributed by atoms with Crippen LogP contribution < -0.4 is 28.4 Å². The van der Waals surface area contributed by atoms with Gasteiger partial charge in [0, 0.05) is 17.5 Å². The second kappa shape index (κ2) is 25.4. The van der Waals surface area contributed by atoms with Gasteiger partial charge in [-0.15, -0.1) is 11.3 Å². The molecule has 2 heterocycles. The highest BCUT2D eigenvalue weighted by Crippen LogP contribution is 2.44. The summed E-state index contributed by atoms with van der Waals surface area (Å²) < 4.78 is 48.8. The van der Waals surface area contributed by atoms with Crippen molar-refractivity contribution in [1.29, 1.82) is 0 Å². The number of esters is 6. The molecule has 0 amide bonds. The van der Waals surface area contributed by atoms with Crippen LogP contribution in [0.25, 0.3) is 32.0 Å². The monoisotopic (exact) mass is 1000 g/mol. The fourth-order valence-corrected chi connectivity index (χ4v) is 9.17. The highest BCUT2D eigenvalue weighted by Gasteiger charge is 2.35. The number of hydrogen-bond acceptors (Lipinski definition) is 17. The Balaban J connectivity index is 0.000000631. The van der Waals surface area contributed by atoms with Gasteiger partial charge in [-0.2, -0.15) is 0 Å². The summed E-state index contributed by atoms with van der Waals surface area (Å²) in [4.78, 5) is 77.8. The minimum atomic E-state index is -0.425. The minimum absolute atomic E-state index is 0.234. The molecule has 0 saturated heterocycles. The number of thiazole rings is 1. The summed E-state index contributed by atoms with van der Waals surface area (Å²) in [5, 5.41) is 1.49. The number of fused-ring (bicyclic) bond motifs is 2. The van der Waals surface area contributed by atoms with Crippen molar-refractivity contribution in [3.05, 3.63) is 115 Å². The van der Waals surface area contributed by atoms with Gasteiger partial charge >= 0.3 is 35.8 Å². The van der Waals surface area contributed by atoms with Crippen LogP contribution >= 0.6 is 11.3 Å². The Hall–Kier alpha value is -7.79. The molecule has 2 aromatic heterocycles. The van der Waals surface area contributed by atoms with Crippen LogP contribution in [-0.4, -0.2) is 69.2 Å². The van der Waals surface area contributed by atoms with Gasteiger partial charge in [0.1, 0.15) is 38.8 Å². The molecular formula is C55H57NO15S. The van der Waals surface area contributed by atoms with Gasteiger partial charge in [0.05, 0.1) is 52.1 Å². The first-order valence-corrected chi connectivity index (χ1v) is 24.0. The second-order valence-corrected chi connectivity index (χ2v) is 17.9. The highest BCUT2D eigenvalue weighted by atomic mass is 32.1. The molecule has 17 heteroatoms. The molecule has 2 aliphatic rings. The maximum Gasteiger partial charge on any atom is 0.329 e. The molecule has 0 atom stereocenters. The predicted molar refractivity (Wildman–Crippen MR) is 268 cm³/mol. The number of methoxy groups -OCH3 is 4. The van der Waals surface area contributed by atoms with E-state index in [1.54, 1.807) is 74.9 Å². The van der Waals surface area contributed by atoms with E-state index in [9.17, 15) is 28.8 Å². The Morgan fingerprint density at radius 1 is 0.556 bits per heavy atom. The lowest BCUT2D eigenvalue weighted by Gasteiger charge is -2.26. The molecule has 378 valence electrons. The lowest BCUT2D eigenvalue weighted by molar-refractivity contribution is -0.145. The molecule has 0 aliphatic heterocycles. The fraction of sp³-hybridized carbons (Fsp3) is 0.327. The van der Waals surface area contributed by atoms with Gasteiger partial charge in [0.2, 0.25) is 0 Å². The third kappa shape index (κ3) is 14.0. The smallest absolute Gasteiger partial charge is 0.329 e. The maximum absolute atomic E-state index is 13.7. The van der Waals surface area contributed by atoms with Crippen LogP contribution in [0.1, 0.15) is 62.5 Å². The van der Waals surface area contributed by atoms with Crippen LogP contribution in [0.4, 0.5) is 0 Å². The maximum atomic E-state index is 13.7.